The lowest BCUT2D eigenvalue weighted by atomic mass is 9.81. The van der Waals surface area contributed by atoms with Gasteiger partial charge in [-0.2, -0.15) is 5.26 Å². The summed E-state index contributed by atoms with van der Waals surface area (Å²) in [4.78, 5) is 1.28. The molecule has 3 unspecified atom stereocenters. The zero-order valence-electron chi connectivity index (χ0n) is 10.6. The predicted molar refractivity (Wildman–Crippen MR) is 80.5 cm³/mol. The molecule has 1 aromatic carbocycles. The number of benzene rings is 1. The Bertz CT molecular complexity index is 423. The van der Waals surface area contributed by atoms with Gasteiger partial charge < -0.3 is 0 Å². The van der Waals surface area contributed by atoms with E-state index in [0.29, 0.717) is 5.25 Å². The number of hydrogen-bond donors (Lipinski definition) is 0. The largest absolute Gasteiger partial charge is 0.198 e. The van der Waals surface area contributed by atoms with Gasteiger partial charge in [-0.15, -0.1) is 11.8 Å². The van der Waals surface area contributed by atoms with Crippen LogP contribution in [0.3, 0.4) is 0 Å². The molecule has 1 aliphatic rings. The molecule has 0 amide bonds. The molecule has 3 atom stereocenters. The molecule has 1 aliphatic carbocycles. The fourth-order valence-corrected chi connectivity index (χ4v) is 4.19. The van der Waals surface area contributed by atoms with Gasteiger partial charge in [-0.25, -0.2) is 0 Å². The Labute approximate surface area is 122 Å². The molecule has 96 valence electrons. The second kappa shape index (κ2) is 6.63. The lowest BCUT2D eigenvalue weighted by molar-refractivity contribution is 0.317. The van der Waals surface area contributed by atoms with Crippen molar-refractivity contribution in [1.82, 2.24) is 0 Å². The molecule has 0 bridgehead atoms. The molecule has 0 aliphatic heterocycles. The van der Waals surface area contributed by atoms with Crippen LogP contribution in [0.1, 0.15) is 32.6 Å². The van der Waals surface area contributed by atoms with Crippen LogP contribution in [0.5, 0.6) is 0 Å². The maximum Gasteiger partial charge on any atom is 0.0667 e. The first kappa shape index (κ1) is 14.0. The highest BCUT2D eigenvalue weighted by atomic mass is 79.9. The molecular formula is C15H18BrNS. The molecule has 1 fully saturated rings. The van der Waals surface area contributed by atoms with E-state index in [0.717, 1.165) is 16.8 Å². The molecule has 0 aromatic heterocycles. The van der Waals surface area contributed by atoms with Gasteiger partial charge in [-0.1, -0.05) is 29.3 Å². The molecule has 0 saturated heterocycles. The molecule has 3 heteroatoms. The van der Waals surface area contributed by atoms with E-state index < -0.39 is 0 Å². The van der Waals surface area contributed by atoms with Gasteiger partial charge in [0.1, 0.15) is 0 Å². The summed E-state index contributed by atoms with van der Waals surface area (Å²) < 4.78 is 1.11. The van der Waals surface area contributed by atoms with Crippen molar-refractivity contribution in [3.8, 4) is 6.07 Å². The molecule has 2 rings (SSSR count). The third kappa shape index (κ3) is 3.52. The summed E-state index contributed by atoms with van der Waals surface area (Å²) in [5.74, 6) is 1.03. The van der Waals surface area contributed by atoms with E-state index in [-0.39, 0.29) is 5.92 Å². The van der Waals surface area contributed by atoms with Crippen molar-refractivity contribution in [2.75, 3.05) is 0 Å². The van der Waals surface area contributed by atoms with Gasteiger partial charge in [0.2, 0.25) is 0 Å². The van der Waals surface area contributed by atoms with Crippen LogP contribution in [0.4, 0.5) is 0 Å². The van der Waals surface area contributed by atoms with Crippen molar-refractivity contribution in [3.63, 3.8) is 0 Å². The minimum atomic E-state index is 0.224. The zero-order valence-corrected chi connectivity index (χ0v) is 13.0. The van der Waals surface area contributed by atoms with Crippen LogP contribution >= 0.6 is 27.7 Å². The number of halogens is 1. The van der Waals surface area contributed by atoms with E-state index in [1.165, 1.54) is 24.2 Å². The van der Waals surface area contributed by atoms with Gasteiger partial charge in [-0.3, -0.25) is 0 Å². The average molecular weight is 324 g/mol. The van der Waals surface area contributed by atoms with Crippen molar-refractivity contribution < 1.29 is 0 Å². The number of nitrogens with zero attached hydrogens (tertiary/aromatic N) is 1. The summed E-state index contributed by atoms with van der Waals surface area (Å²) in [5, 5.41) is 9.74. The molecule has 18 heavy (non-hydrogen) atoms. The van der Waals surface area contributed by atoms with Crippen LogP contribution in [0.25, 0.3) is 0 Å². The molecule has 0 N–H and O–H groups in total. The van der Waals surface area contributed by atoms with Gasteiger partial charge in [0, 0.05) is 14.6 Å². The zero-order chi connectivity index (χ0) is 13.0. The van der Waals surface area contributed by atoms with Crippen molar-refractivity contribution in [1.29, 1.82) is 5.26 Å². The van der Waals surface area contributed by atoms with Crippen LogP contribution in [0, 0.1) is 23.2 Å². The minimum absolute atomic E-state index is 0.224. The summed E-state index contributed by atoms with van der Waals surface area (Å²) in [6.07, 6.45) is 4.74. The van der Waals surface area contributed by atoms with Crippen LogP contribution in [-0.4, -0.2) is 5.25 Å². The molecule has 1 nitrogen and oxygen atoms in total. The third-order valence-corrected chi connectivity index (χ3v) is 5.64. The first-order chi connectivity index (χ1) is 8.72. The van der Waals surface area contributed by atoms with Crippen molar-refractivity contribution >= 4 is 27.7 Å². The summed E-state index contributed by atoms with van der Waals surface area (Å²) in [5.41, 5.74) is 0. The van der Waals surface area contributed by atoms with Crippen LogP contribution in [0.15, 0.2) is 33.6 Å². The van der Waals surface area contributed by atoms with E-state index in [4.69, 9.17) is 0 Å². The molecule has 1 aromatic rings. The topological polar surface area (TPSA) is 23.8 Å². The monoisotopic (exact) mass is 323 g/mol. The predicted octanol–water partition coefficient (Wildman–Crippen LogP) is 5.26. The number of rotatable bonds is 3. The summed E-state index contributed by atoms with van der Waals surface area (Å²) in [6, 6.07) is 10.9. The summed E-state index contributed by atoms with van der Waals surface area (Å²) in [6.45, 7) is 2.26. The second-order valence-corrected chi connectivity index (χ2v) is 7.16. The molecule has 0 radical (unpaired) electrons. The van der Waals surface area contributed by atoms with E-state index >= 15 is 0 Å². The second-order valence-electron chi connectivity index (χ2n) is 4.93. The molecular weight excluding hydrogens is 306 g/mol. The number of thioether (sulfide) groups is 1. The lowest BCUT2D eigenvalue weighted by Gasteiger charge is -2.31. The molecule has 0 spiro atoms. The Morgan fingerprint density at radius 3 is 2.67 bits per heavy atom. The van der Waals surface area contributed by atoms with Gasteiger partial charge in [0.05, 0.1) is 12.0 Å². The first-order valence-corrected chi connectivity index (χ1v) is 8.22. The molecule has 1 saturated carbocycles. The van der Waals surface area contributed by atoms with Gasteiger partial charge in [0.15, 0.2) is 0 Å². The van der Waals surface area contributed by atoms with Crippen molar-refractivity contribution in [2.45, 2.75) is 42.8 Å². The Hall–Kier alpha value is -0.460. The highest BCUT2D eigenvalue weighted by Crippen LogP contribution is 2.40. The van der Waals surface area contributed by atoms with Gasteiger partial charge >= 0.3 is 0 Å². The van der Waals surface area contributed by atoms with E-state index in [1.807, 2.05) is 11.8 Å². The first-order valence-electron chi connectivity index (χ1n) is 6.54. The standard InChI is InChI=1S/C15H18BrNS/c1-2-11-3-4-12(10-17)15(9-11)18-14-7-5-13(16)6-8-14/h5-8,11-12,15H,2-4,9H2,1H3. The third-order valence-electron chi connectivity index (χ3n) is 3.74. The average Bonchev–Trinajstić information content (AvgIpc) is 2.41. The van der Waals surface area contributed by atoms with Crippen LogP contribution in [-0.2, 0) is 0 Å². The number of nitriles is 1. The maximum absolute atomic E-state index is 9.27. The Kier molecular flexibility index (Phi) is 5.14. The van der Waals surface area contributed by atoms with Gasteiger partial charge in [-0.05, 0) is 49.4 Å². The normalized spacial score (nSPS) is 27.7. The highest BCUT2D eigenvalue weighted by Gasteiger charge is 2.30. The SMILES string of the molecule is CCC1CCC(C#N)C(Sc2ccc(Br)cc2)C1. The Balaban J connectivity index is 2.05. The number of hydrogen-bond acceptors (Lipinski definition) is 2. The van der Waals surface area contributed by atoms with Crippen molar-refractivity contribution in [3.05, 3.63) is 28.7 Å². The van der Waals surface area contributed by atoms with Crippen LogP contribution in [0.2, 0.25) is 0 Å². The van der Waals surface area contributed by atoms with Crippen LogP contribution < -0.4 is 0 Å². The van der Waals surface area contributed by atoms with E-state index in [9.17, 15) is 5.26 Å². The smallest absolute Gasteiger partial charge is 0.0667 e. The fourth-order valence-electron chi connectivity index (χ4n) is 2.55. The summed E-state index contributed by atoms with van der Waals surface area (Å²) >= 11 is 5.34. The maximum atomic E-state index is 9.27. The Morgan fingerprint density at radius 1 is 1.33 bits per heavy atom. The summed E-state index contributed by atoms with van der Waals surface area (Å²) in [7, 11) is 0. The minimum Gasteiger partial charge on any atom is -0.198 e. The Morgan fingerprint density at radius 2 is 2.06 bits per heavy atom. The van der Waals surface area contributed by atoms with E-state index in [2.05, 4.69) is 53.2 Å². The quantitative estimate of drug-likeness (QED) is 0.757. The van der Waals surface area contributed by atoms with Crippen molar-refractivity contribution in [2.24, 2.45) is 11.8 Å². The highest BCUT2D eigenvalue weighted by molar-refractivity contribution is 9.10. The fraction of sp³-hybridized carbons (Fsp3) is 0.533. The van der Waals surface area contributed by atoms with Gasteiger partial charge in [0.25, 0.3) is 0 Å². The molecule has 0 heterocycles. The van der Waals surface area contributed by atoms with E-state index in [1.54, 1.807) is 0 Å². The lowest BCUT2D eigenvalue weighted by Crippen LogP contribution is -2.25.